The van der Waals surface area contributed by atoms with Crippen LogP contribution in [0.1, 0.15) is 11.1 Å². The molecule has 0 spiro atoms. The number of nitrogens with one attached hydrogen (secondary N) is 2. The predicted octanol–water partition coefficient (Wildman–Crippen LogP) is 1.83. The Kier molecular flexibility index (Phi) is 3.52. The van der Waals surface area contributed by atoms with Crippen molar-refractivity contribution in [2.45, 2.75) is 12.1 Å². The topological polar surface area (TPSA) is 68.2 Å². The number of hydrogen-bond donors (Lipinski definition) is 2. The van der Waals surface area contributed by atoms with Gasteiger partial charge in [0.1, 0.15) is 6.04 Å². The molecule has 0 bridgehead atoms. The SMILES string of the molecule is N#Cc1ccc(C2=CN(c3ccccc3)C3C(=O)NCNC23)cc1. The van der Waals surface area contributed by atoms with E-state index < -0.39 is 0 Å². The summed E-state index contributed by atoms with van der Waals surface area (Å²) in [7, 11) is 0. The van der Waals surface area contributed by atoms with Crippen LogP contribution in [-0.4, -0.2) is 24.7 Å². The molecule has 0 aromatic heterocycles. The van der Waals surface area contributed by atoms with Crippen molar-refractivity contribution in [3.63, 3.8) is 0 Å². The molecule has 2 aliphatic heterocycles. The Morgan fingerprint density at radius 3 is 2.54 bits per heavy atom. The second-order valence-corrected chi connectivity index (χ2v) is 5.86. The Morgan fingerprint density at radius 1 is 1.08 bits per heavy atom. The van der Waals surface area contributed by atoms with Gasteiger partial charge in [0.25, 0.3) is 0 Å². The molecule has 0 saturated carbocycles. The minimum absolute atomic E-state index is 0.0162. The quantitative estimate of drug-likeness (QED) is 0.887. The molecule has 0 aliphatic carbocycles. The van der Waals surface area contributed by atoms with Crippen LogP contribution in [0.2, 0.25) is 0 Å². The smallest absolute Gasteiger partial charge is 0.246 e. The summed E-state index contributed by atoms with van der Waals surface area (Å²) in [6, 6.07) is 19.1. The van der Waals surface area contributed by atoms with Crippen molar-refractivity contribution in [2.24, 2.45) is 0 Å². The lowest BCUT2D eigenvalue weighted by molar-refractivity contribution is -0.123. The average Bonchev–Trinajstić information content (AvgIpc) is 3.04. The second kappa shape index (κ2) is 5.84. The van der Waals surface area contributed by atoms with Gasteiger partial charge in [0.05, 0.1) is 24.3 Å². The van der Waals surface area contributed by atoms with Gasteiger partial charge in [-0.2, -0.15) is 5.26 Å². The fourth-order valence-electron chi connectivity index (χ4n) is 3.32. The number of nitriles is 1. The minimum atomic E-state index is -0.313. The third kappa shape index (κ3) is 2.34. The van der Waals surface area contributed by atoms with Gasteiger partial charge in [-0.25, -0.2) is 0 Å². The monoisotopic (exact) mass is 316 g/mol. The highest BCUT2D eigenvalue weighted by Crippen LogP contribution is 2.35. The second-order valence-electron chi connectivity index (χ2n) is 5.86. The van der Waals surface area contributed by atoms with Crippen molar-refractivity contribution in [1.82, 2.24) is 10.6 Å². The van der Waals surface area contributed by atoms with E-state index in [2.05, 4.69) is 16.7 Å². The summed E-state index contributed by atoms with van der Waals surface area (Å²) < 4.78 is 0. The maximum Gasteiger partial charge on any atom is 0.246 e. The van der Waals surface area contributed by atoms with E-state index in [1.54, 1.807) is 12.1 Å². The fourth-order valence-corrected chi connectivity index (χ4v) is 3.32. The molecule has 2 aromatic carbocycles. The number of benzene rings is 2. The van der Waals surface area contributed by atoms with Gasteiger partial charge in [0.2, 0.25) is 5.91 Å². The third-order valence-electron chi connectivity index (χ3n) is 4.48. The molecule has 24 heavy (non-hydrogen) atoms. The maximum absolute atomic E-state index is 12.5. The molecule has 2 N–H and O–H groups in total. The summed E-state index contributed by atoms with van der Waals surface area (Å²) in [5.74, 6) is 0.0162. The molecule has 2 unspecified atom stereocenters. The van der Waals surface area contributed by atoms with Crippen molar-refractivity contribution in [1.29, 1.82) is 5.26 Å². The average molecular weight is 316 g/mol. The van der Waals surface area contributed by atoms with Crippen LogP contribution in [0.25, 0.3) is 5.57 Å². The van der Waals surface area contributed by atoms with Gasteiger partial charge in [-0.05, 0) is 35.4 Å². The molecule has 5 nitrogen and oxygen atoms in total. The summed E-state index contributed by atoms with van der Waals surface area (Å²) in [6.07, 6.45) is 2.03. The number of nitrogens with zero attached hydrogens (tertiary/aromatic N) is 2. The highest BCUT2D eigenvalue weighted by Gasteiger charge is 2.43. The highest BCUT2D eigenvalue weighted by molar-refractivity contribution is 5.95. The van der Waals surface area contributed by atoms with Gasteiger partial charge in [0, 0.05) is 11.9 Å². The lowest BCUT2D eigenvalue weighted by Gasteiger charge is -2.33. The Bertz CT molecular complexity index is 836. The van der Waals surface area contributed by atoms with E-state index in [4.69, 9.17) is 5.26 Å². The Morgan fingerprint density at radius 2 is 1.83 bits per heavy atom. The number of carbonyl (C=O) groups excluding carboxylic acids is 1. The standard InChI is InChI=1S/C19H16N4O/c20-10-13-6-8-14(9-7-13)16-11-23(15-4-2-1-3-5-15)18-17(16)21-12-22-19(18)24/h1-9,11,17-18,21H,12H2,(H,22,24). The fraction of sp³-hybridized carbons (Fsp3) is 0.158. The first-order valence-corrected chi connectivity index (χ1v) is 7.84. The van der Waals surface area contributed by atoms with Crippen molar-refractivity contribution < 1.29 is 4.79 Å². The van der Waals surface area contributed by atoms with Crippen LogP contribution < -0.4 is 15.5 Å². The molecule has 0 radical (unpaired) electrons. The van der Waals surface area contributed by atoms with Crippen LogP contribution in [0.3, 0.4) is 0 Å². The van der Waals surface area contributed by atoms with Gasteiger partial charge in [-0.1, -0.05) is 30.3 Å². The number of amides is 1. The lowest BCUT2D eigenvalue weighted by Crippen LogP contribution is -2.61. The lowest BCUT2D eigenvalue weighted by atomic mass is 9.94. The van der Waals surface area contributed by atoms with Gasteiger partial charge in [-0.15, -0.1) is 0 Å². The summed E-state index contributed by atoms with van der Waals surface area (Å²) >= 11 is 0. The van der Waals surface area contributed by atoms with Crippen LogP contribution >= 0.6 is 0 Å². The summed E-state index contributed by atoms with van der Waals surface area (Å²) in [4.78, 5) is 14.5. The zero-order chi connectivity index (χ0) is 16.5. The van der Waals surface area contributed by atoms with Gasteiger partial charge >= 0.3 is 0 Å². The van der Waals surface area contributed by atoms with Gasteiger partial charge < -0.3 is 10.2 Å². The number of rotatable bonds is 2. The van der Waals surface area contributed by atoms with E-state index in [0.717, 1.165) is 16.8 Å². The first-order chi connectivity index (χ1) is 11.8. The van der Waals surface area contributed by atoms with Crippen molar-refractivity contribution >= 4 is 17.2 Å². The molecular weight excluding hydrogens is 300 g/mol. The first kappa shape index (κ1) is 14.5. The van der Waals surface area contributed by atoms with Gasteiger partial charge in [-0.3, -0.25) is 10.1 Å². The molecule has 2 aromatic rings. The summed E-state index contributed by atoms with van der Waals surface area (Å²) in [6.45, 7) is 0.455. The Balaban J connectivity index is 1.77. The van der Waals surface area contributed by atoms with E-state index in [1.165, 1.54) is 0 Å². The van der Waals surface area contributed by atoms with Crippen LogP contribution in [0, 0.1) is 11.3 Å². The number of anilines is 1. The van der Waals surface area contributed by atoms with E-state index in [0.29, 0.717) is 12.2 Å². The van der Waals surface area contributed by atoms with Crippen LogP contribution in [0.5, 0.6) is 0 Å². The molecule has 2 aliphatic rings. The van der Waals surface area contributed by atoms with E-state index in [-0.39, 0.29) is 18.0 Å². The predicted molar refractivity (Wildman–Crippen MR) is 91.8 cm³/mol. The van der Waals surface area contributed by atoms with Crippen molar-refractivity contribution in [2.75, 3.05) is 11.6 Å². The summed E-state index contributed by atoms with van der Waals surface area (Å²) in [5.41, 5.74) is 3.69. The van der Waals surface area contributed by atoms with E-state index >= 15 is 0 Å². The molecule has 1 amide bonds. The number of carbonyl (C=O) groups is 1. The molecular formula is C19H16N4O. The Hall–Kier alpha value is -3.10. The zero-order valence-electron chi connectivity index (χ0n) is 12.9. The Labute approximate surface area is 140 Å². The molecule has 4 rings (SSSR count). The zero-order valence-corrected chi connectivity index (χ0v) is 12.9. The first-order valence-electron chi connectivity index (χ1n) is 7.84. The molecule has 1 saturated heterocycles. The van der Waals surface area contributed by atoms with Crippen molar-refractivity contribution in [3.05, 3.63) is 71.9 Å². The number of fused-ring (bicyclic) bond motifs is 1. The largest absolute Gasteiger partial charge is 0.342 e. The van der Waals surface area contributed by atoms with Crippen molar-refractivity contribution in [3.8, 4) is 6.07 Å². The third-order valence-corrected chi connectivity index (χ3v) is 4.48. The molecule has 2 atom stereocenters. The highest BCUT2D eigenvalue weighted by atomic mass is 16.2. The van der Waals surface area contributed by atoms with E-state index in [1.807, 2.05) is 53.6 Å². The normalized spacial score (nSPS) is 22.4. The number of hydrogen-bond acceptors (Lipinski definition) is 4. The molecule has 5 heteroatoms. The number of para-hydroxylation sites is 1. The molecule has 118 valence electrons. The van der Waals surface area contributed by atoms with Crippen LogP contribution in [0.15, 0.2) is 60.8 Å². The maximum atomic E-state index is 12.5. The molecule has 2 heterocycles. The minimum Gasteiger partial charge on any atom is -0.342 e. The van der Waals surface area contributed by atoms with Crippen LogP contribution in [0.4, 0.5) is 5.69 Å². The molecule has 1 fully saturated rings. The summed E-state index contributed by atoms with van der Waals surface area (Å²) in [5, 5.41) is 15.2. The van der Waals surface area contributed by atoms with Gasteiger partial charge in [0.15, 0.2) is 0 Å². The van der Waals surface area contributed by atoms with E-state index in [9.17, 15) is 4.79 Å². The van der Waals surface area contributed by atoms with Crippen LogP contribution in [-0.2, 0) is 4.79 Å².